The lowest BCUT2D eigenvalue weighted by Gasteiger charge is -2.21. The van der Waals surface area contributed by atoms with E-state index in [2.05, 4.69) is 0 Å². The van der Waals surface area contributed by atoms with E-state index in [1.54, 1.807) is 0 Å². The Morgan fingerprint density at radius 2 is 2.15 bits per heavy atom. The third-order valence-electron chi connectivity index (χ3n) is 2.25. The van der Waals surface area contributed by atoms with Crippen LogP contribution in [0.25, 0.3) is 0 Å². The Balaban J connectivity index is 2.08. The Hall–Kier alpha value is -0.830. The van der Waals surface area contributed by atoms with E-state index < -0.39 is 5.60 Å². The van der Waals surface area contributed by atoms with Crippen molar-refractivity contribution in [1.82, 2.24) is 0 Å². The molecule has 3 nitrogen and oxygen atoms in total. The Bertz CT molecular complexity index is 200. The number of ether oxygens (including phenoxy) is 1. The maximum atomic E-state index is 10.4. The predicted molar refractivity (Wildman–Crippen MR) is 49.2 cm³/mol. The first-order valence-electron chi connectivity index (χ1n) is 4.63. The molecule has 0 aromatic heterocycles. The lowest BCUT2D eigenvalue weighted by Crippen LogP contribution is -2.24. The Morgan fingerprint density at radius 3 is 2.69 bits per heavy atom. The lowest BCUT2D eigenvalue weighted by molar-refractivity contribution is -0.141. The molecule has 13 heavy (non-hydrogen) atoms. The van der Waals surface area contributed by atoms with Gasteiger partial charge in [-0.3, -0.25) is 4.79 Å². The van der Waals surface area contributed by atoms with Crippen molar-refractivity contribution in [3.63, 3.8) is 0 Å². The van der Waals surface area contributed by atoms with Crippen LogP contribution in [0.15, 0.2) is 12.2 Å². The summed E-state index contributed by atoms with van der Waals surface area (Å²) in [5.41, 5.74) is -0.569. The molecule has 0 heterocycles. The number of aliphatic hydroxyl groups is 1. The van der Waals surface area contributed by atoms with Gasteiger partial charge in [0, 0.05) is 6.92 Å². The van der Waals surface area contributed by atoms with Gasteiger partial charge < -0.3 is 9.84 Å². The molecule has 3 heteroatoms. The fourth-order valence-electron chi connectivity index (χ4n) is 1.51. The van der Waals surface area contributed by atoms with Gasteiger partial charge in [-0.15, -0.1) is 0 Å². The molecule has 0 atom stereocenters. The Morgan fingerprint density at radius 1 is 1.54 bits per heavy atom. The van der Waals surface area contributed by atoms with Crippen LogP contribution in [0.2, 0.25) is 0 Å². The second-order valence-electron chi connectivity index (χ2n) is 3.55. The van der Waals surface area contributed by atoms with E-state index in [-0.39, 0.29) is 5.97 Å². The van der Waals surface area contributed by atoms with Gasteiger partial charge in [0.25, 0.3) is 0 Å². The summed E-state index contributed by atoms with van der Waals surface area (Å²) < 4.78 is 4.78. The van der Waals surface area contributed by atoms with E-state index in [0.29, 0.717) is 13.0 Å². The van der Waals surface area contributed by atoms with Gasteiger partial charge >= 0.3 is 5.97 Å². The number of hydrogen-bond acceptors (Lipinski definition) is 3. The summed E-state index contributed by atoms with van der Waals surface area (Å²) in [4.78, 5) is 10.4. The first-order chi connectivity index (χ1) is 6.12. The molecule has 1 aliphatic carbocycles. The maximum absolute atomic E-state index is 10.4. The van der Waals surface area contributed by atoms with Crippen molar-refractivity contribution in [3.8, 4) is 0 Å². The van der Waals surface area contributed by atoms with Crippen molar-refractivity contribution in [1.29, 1.82) is 0 Å². The van der Waals surface area contributed by atoms with Crippen LogP contribution in [0.1, 0.15) is 32.6 Å². The molecule has 74 valence electrons. The molecular weight excluding hydrogens is 168 g/mol. The van der Waals surface area contributed by atoms with Crippen LogP contribution in [0.3, 0.4) is 0 Å². The lowest BCUT2D eigenvalue weighted by atomic mass is 9.95. The molecule has 0 spiro atoms. The molecule has 0 aliphatic heterocycles. The summed E-state index contributed by atoms with van der Waals surface area (Å²) in [5.74, 6) is -0.253. The molecule has 0 aromatic carbocycles. The molecule has 1 N–H and O–H groups in total. The summed E-state index contributed by atoms with van der Waals surface area (Å²) in [5, 5.41) is 9.85. The van der Waals surface area contributed by atoms with Crippen LogP contribution in [0.5, 0.6) is 0 Å². The van der Waals surface area contributed by atoms with Crippen molar-refractivity contribution in [2.45, 2.75) is 38.2 Å². The van der Waals surface area contributed by atoms with E-state index in [4.69, 9.17) is 4.74 Å². The summed E-state index contributed by atoms with van der Waals surface area (Å²) in [6.45, 7) is 1.81. The molecular formula is C10H16O3. The molecule has 1 aliphatic rings. The van der Waals surface area contributed by atoms with E-state index in [0.717, 1.165) is 19.3 Å². The van der Waals surface area contributed by atoms with Gasteiger partial charge in [0.1, 0.15) is 0 Å². The highest BCUT2D eigenvalue weighted by atomic mass is 16.5. The van der Waals surface area contributed by atoms with Gasteiger partial charge in [-0.25, -0.2) is 0 Å². The molecule has 1 rings (SSSR count). The summed E-state index contributed by atoms with van der Waals surface area (Å²) >= 11 is 0. The zero-order valence-electron chi connectivity index (χ0n) is 7.95. The van der Waals surface area contributed by atoms with Crippen LogP contribution in [-0.4, -0.2) is 23.3 Å². The van der Waals surface area contributed by atoms with Gasteiger partial charge in [-0.1, -0.05) is 12.2 Å². The van der Waals surface area contributed by atoms with Crippen molar-refractivity contribution in [3.05, 3.63) is 12.2 Å². The van der Waals surface area contributed by atoms with Crippen LogP contribution in [-0.2, 0) is 9.53 Å². The SMILES string of the molecule is CC(=O)OCCCC1(O)CC=CC1. The topological polar surface area (TPSA) is 46.5 Å². The average Bonchev–Trinajstić information content (AvgIpc) is 2.47. The number of hydrogen-bond donors (Lipinski definition) is 1. The Kier molecular flexibility index (Phi) is 3.48. The van der Waals surface area contributed by atoms with Gasteiger partial charge in [0.05, 0.1) is 12.2 Å². The van der Waals surface area contributed by atoms with Crippen LogP contribution < -0.4 is 0 Å². The monoisotopic (exact) mass is 184 g/mol. The minimum atomic E-state index is -0.569. The quantitative estimate of drug-likeness (QED) is 0.408. The number of rotatable bonds is 4. The van der Waals surface area contributed by atoms with E-state index in [1.165, 1.54) is 6.92 Å². The zero-order valence-corrected chi connectivity index (χ0v) is 7.95. The van der Waals surface area contributed by atoms with Crippen molar-refractivity contribution in [2.24, 2.45) is 0 Å². The van der Waals surface area contributed by atoms with Gasteiger partial charge in [-0.2, -0.15) is 0 Å². The normalized spacial score (nSPS) is 18.9. The molecule has 0 aromatic rings. The largest absolute Gasteiger partial charge is 0.466 e. The van der Waals surface area contributed by atoms with Crippen LogP contribution in [0, 0.1) is 0 Å². The van der Waals surface area contributed by atoms with Gasteiger partial charge in [0.2, 0.25) is 0 Å². The summed E-state index contributed by atoms with van der Waals surface area (Å²) in [7, 11) is 0. The highest BCUT2D eigenvalue weighted by molar-refractivity contribution is 5.65. The Labute approximate surface area is 78.4 Å². The van der Waals surface area contributed by atoms with Crippen molar-refractivity contribution >= 4 is 5.97 Å². The molecule has 0 radical (unpaired) electrons. The first kappa shape index (κ1) is 10.3. The number of carbonyl (C=O) groups excluding carboxylic acids is 1. The molecule has 0 saturated heterocycles. The maximum Gasteiger partial charge on any atom is 0.302 e. The van der Waals surface area contributed by atoms with Crippen molar-refractivity contribution < 1.29 is 14.6 Å². The second-order valence-corrected chi connectivity index (χ2v) is 3.55. The van der Waals surface area contributed by atoms with Gasteiger partial charge in [-0.05, 0) is 25.7 Å². The molecule has 0 unspecified atom stereocenters. The fourth-order valence-corrected chi connectivity index (χ4v) is 1.51. The number of esters is 1. The predicted octanol–water partition coefficient (Wildman–Crippen LogP) is 1.41. The summed E-state index contributed by atoms with van der Waals surface area (Å²) in [6, 6.07) is 0. The number of carbonyl (C=O) groups is 1. The van der Waals surface area contributed by atoms with Crippen molar-refractivity contribution in [2.75, 3.05) is 6.61 Å². The minimum Gasteiger partial charge on any atom is -0.466 e. The third kappa shape index (κ3) is 3.59. The van der Waals surface area contributed by atoms with E-state index in [1.807, 2.05) is 12.2 Å². The smallest absolute Gasteiger partial charge is 0.302 e. The molecule has 0 amide bonds. The zero-order chi connectivity index (χ0) is 9.73. The molecule has 0 fully saturated rings. The first-order valence-corrected chi connectivity index (χ1v) is 4.63. The summed E-state index contributed by atoms with van der Waals surface area (Å²) in [6.07, 6.45) is 6.88. The standard InChI is InChI=1S/C10H16O3/c1-9(11)13-8-4-7-10(12)5-2-3-6-10/h2-3,12H,4-8H2,1H3. The minimum absolute atomic E-state index is 0.253. The third-order valence-corrected chi connectivity index (χ3v) is 2.25. The van der Waals surface area contributed by atoms with Gasteiger partial charge in [0.15, 0.2) is 0 Å². The highest BCUT2D eigenvalue weighted by Crippen LogP contribution is 2.27. The molecule has 0 bridgehead atoms. The fraction of sp³-hybridized carbons (Fsp3) is 0.700. The second kappa shape index (κ2) is 4.42. The van der Waals surface area contributed by atoms with E-state index >= 15 is 0 Å². The van der Waals surface area contributed by atoms with E-state index in [9.17, 15) is 9.90 Å². The average molecular weight is 184 g/mol. The highest BCUT2D eigenvalue weighted by Gasteiger charge is 2.26. The van der Waals surface area contributed by atoms with Crippen LogP contribution >= 0.6 is 0 Å². The van der Waals surface area contributed by atoms with Crippen LogP contribution in [0.4, 0.5) is 0 Å². The molecule has 0 saturated carbocycles.